The molecule has 1 aromatic heterocycles. The highest BCUT2D eigenvalue weighted by Crippen LogP contribution is 2.31. The third-order valence-corrected chi connectivity index (χ3v) is 5.37. The van der Waals surface area contributed by atoms with E-state index >= 15 is 0 Å². The molecule has 0 atom stereocenters. The van der Waals surface area contributed by atoms with Gasteiger partial charge in [-0.05, 0) is 78.7 Å². The molecule has 0 unspecified atom stereocenters. The van der Waals surface area contributed by atoms with Crippen LogP contribution in [0.4, 0.5) is 0 Å². The largest absolute Gasteiger partial charge is 0.494 e. The van der Waals surface area contributed by atoms with Gasteiger partial charge in [-0.15, -0.1) is 0 Å². The Morgan fingerprint density at radius 2 is 1.48 bits per heavy atom. The van der Waals surface area contributed by atoms with Gasteiger partial charge in [0.15, 0.2) is 0 Å². The number of nitriles is 2. The number of hydrogen-bond donors (Lipinski definition) is 1. The molecule has 172 valence electrons. The standard InChI is InChI=1S/C25H28N4O4/c1-14-16(20(30)28(24(3,4)5)22(32)18(14)12-26)10-9-11-17-15(2)19(13-27)23(33)29(21(17)31)25(6,7)8/h9-11,30H,1-8H3. The Balaban J connectivity index is 2.73. The van der Waals surface area contributed by atoms with E-state index in [4.69, 9.17) is 0 Å². The van der Waals surface area contributed by atoms with Crippen LogP contribution in [0.3, 0.4) is 0 Å². The fourth-order valence-corrected chi connectivity index (χ4v) is 3.70. The number of nitrogens with zero attached hydrogens (tertiary/aromatic N) is 4. The molecule has 1 N–H and O–H groups in total. The zero-order valence-electron chi connectivity index (χ0n) is 20.2. The lowest BCUT2D eigenvalue weighted by molar-refractivity contribution is -0.145. The predicted octanol–water partition coefficient (Wildman–Crippen LogP) is 3.44. The van der Waals surface area contributed by atoms with Gasteiger partial charge < -0.3 is 5.11 Å². The Morgan fingerprint density at radius 3 is 1.94 bits per heavy atom. The Bertz CT molecular complexity index is 1280. The van der Waals surface area contributed by atoms with Crippen LogP contribution in [0.5, 0.6) is 5.88 Å². The molecule has 2 heterocycles. The first-order valence-corrected chi connectivity index (χ1v) is 10.4. The van der Waals surface area contributed by atoms with Crippen LogP contribution in [-0.2, 0) is 15.1 Å². The van der Waals surface area contributed by atoms with Gasteiger partial charge in [0.05, 0.1) is 0 Å². The summed E-state index contributed by atoms with van der Waals surface area (Å²) in [6.07, 6.45) is 4.44. The van der Waals surface area contributed by atoms with Gasteiger partial charge in [0.2, 0.25) is 5.88 Å². The lowest BCUT2D eigenvalue weighted by Crippen LogP contribution is -2.52. The van der Waals surface area contributed by atoms with E-state index in [1.165, 1.54) is 25.2 Å². The van der Waals surface area contributed by atoms with Crippen molar-refractivity contribution in [1.82, 2.24) is 9.47 Å². The molecule has 0 bridgehead atoms. The highest BCUT2D eigenvalue weighted by Gasteiger charge is 2.41. The summed E-state index contributed by atoms with van der Waals surface area (Å²) in [6.45, 7) is 13.4. The molecule has 0 fully saturated rings. The van der Waals surface area contributed by atoms with Crippen LogP contribution in [0.1, 0.15) is 65.2 Å². The van der Waals surface area contributed by atoms with Gasteiger partial charge in [-0.3, -0.25) is 23.9 Å². The van der Waals surface area contributed by atoms with Gasteiger partial charge in [-0.25, -0.2) is 0 Å². The summed E-state index contributed by atoms with van der Waals surface area (Å²) in [6, 6.07) is 3.79. The average Bonchev–Trinajstić information content (AvgIpc) is 2.65. The van der Waals surface area contributed by atoms with Gasteiger partial charge in [0.1, 0.15) is 23.3 Å². The lowest BCUT2D eigenvalue weighted by atomic mass is 9.91. The number of hydrogen-bond acceptors (Lipinski definition) is 6. The molecule has 0 radical (unpaired) electrons. The highest BCUT2D eigenvalue weighted by atomic mass is 16.3. The second kappa shape index (κ2) is 8.55. The fraction of sp³-hybridized carbons (Fsp3) is 0.400. The fourth-order valence-electron chi connectivity index (χ4n) is 3.70. The van der Waals surface area contributed by atoms with Crippen molar-refractivity contribution in [3.05, 3.63) is 55.9 Å². The predicted molar refractivity (Wildman–Crippen MR) is 124 cm³/mol. The van der Waals surface area contributed by atoms with E-state index in [2.05, 4.69) is 0 Å². The van der Waals surface area contributed by atoms with Crippen LogP contribution in [0, 0.1) is 29.6 Å². The quantitative estimate of drug-likeness (QED) is 0.545. The normalized spacial score (nSPS) is 16.5. The molecule has 8 heteroatoms. The van der Waals surface area contributed by atoms with Crippen LogP contribution >= 0.6 is 0 Å². The van der Waals surface area contributed by atoms with Crippen molar-refractivity contribution in [3.63, 3.8) is 0 Å². The summed E-state index contributed by atoms with van der Waals surface area (Å²) in [4.78, 5) is 39.5. The summed E-state index contributed by atoms with van der Waals surface area (Å²) < 4.78 is 1.15. The maximum Gasteiger partial charge on any atom is 0.272 e. The Labute approximate surface area is 193 Å². The topological polar surface area (TPSA) is 127 Å². The molecule has 1 aliphatic heterocycles. The number of carbonyl (C=O) groups is 2. The molecule has 33 heavy (non-hydrogen) atoms. The molecule has 0 aromatic carbocycles. The van der Waals surface area contributed by atoms with Crippen LogP contribution in [-0.4, -0.2) is 31.9 Å². The molecule has 2 rings (SSSR count). The average molecular weight is 449 g/mol. The molecule has 1 aliphatic rings. The number of carbonyl (C=O) groups excluding carboxylic acids is 2. The zero-order chi connectivity index (χ0) is 25.5. The monoisotopic (exact) mass is 448 g/mol. The molecular weight excluding hydrogens is 420 g/mol. The van der Waals surface area contributed by atoms with Crippen LogP contribution in [0.25, 0.3) is 6.08 Å². The number of imide groups is 1. The van der Waals surface area contributed by atoms with Crippen molar-refractivity contribution in [2.45, 2.75) is 66.5 Å². The molecule has 0 aliphatic carbocycles. The number of rotatable bonds is 2. The summed E-state index contributed by atoms with van der Waals surface area (Å²) in [5.74, 6) is -1.48. The van der Waals surface area contributed by atoms with Crippen molar-refractivity contribution in [2.24, 2.45) is 0 Å². The number of pyridine rings is 1. The molecule has 0 saturated carbocycles. The van der Waals surface area contributed by atoms with E-state index in [1.54, 1.807) is 48.5 Å². The summed E-state index contributed by atoms with van der Waals surface area (Å²) in [5, 5.41) is 29.8. The minimum absolute atomic E-state index is 0.0869. The smallest absolute Gasteiger partial charge is 0.272 e. The molecule has 0 spiro atoms. The van der Waals surface area contributed by atoms with Gasteiger partial charge in [-0.2, -0.15) is 10.5 Å². The van der Waals surface area contributed by atoms with Gasteiger partial charge in [0, 0.05) is 22.2 Å². The number of amides is 2. The molecular formula is C25H28N4O4. The van der Waals surface area contributed by atoms with E-state index in [0.717, 1.165) is 9.47 Å². The van der Waals surface area contributed by atoms with Gasteiger partial charge in [-0.1, -0.05) is 6.08 Å². The first-order chi connectivity index (χ1) is 15.1. The number of aromatic hydroxyl groups is 1. The van der Waals surface area contributed by atoms with Gasteiger partial charge in [0.25, 0.3) is 17.4 Å². The minimum Gasteiger partial charge on any atom is -0.494 e. The molecule has 2 amide bonds. The Kier molecular flexibility index (Phi) is 6.57. The summed E-state index contributed by atoms with van der Waals surface area (Å²) in [5.41, 5.74) is -1.42. The van der Waals surface area contributed by atoms with Crippen LogP contribution < -0.4 is 5.56 Å². The van der Waals surface area contributed by atoms with Crippen molar-refractivity contribution in [1.29, 1.82) is 10.5 Å². The third kappa shape index (κ3) is 4.38. The second-order valence-corrected chi connectivity index (χ2v) is 9.83. The second-order valence-electron chi connectivity index (χ2n) is 9.83. The van der Waals surface area contributed by atoms with Crippen molar-refractivity contribution in [3.8, 4) is 18.0 Å². The minimum atomic E-state index is -0.835. The SMILES string of the molecule is CC1=C(C#N)C(=O)N(C(C)(C)C)C(=O)C1=CC=Cc1c(C)c(C#N)c(=O)n(C(C)(C)C)c1O. The number of aromatic nitrogens is 1. The van der Waals surface area contributed by atoms with Gasteiger partial charge >= 0.3 is 0 Å². The van der Waals surface area contributed by atoms with Crippen LogP contribution in [0.2, 0.25) is 0 Å². The number of allylic oxidation sites excluding steroid dienone is 2. The third-order valence-electron chi connectivity index (χ3n) is 5.37. The van der Waals surface area contributed by atoms with E-state index in [1.807, 2.05) is 12.1 Å². The maximum absolute atomic E-state index is 13.1. The molecule has 0 saturated heterocycles. The molecule has 1 aromatic rings. The Morgan fingerprint density at radius 1 is 0.909 bits per heavy atom. The summed E-state index contributed by atoms with van der Waals surface area (Å²) in [7, 11) is 0. The molecule has 8 nitrogen and oxygen atoms in total. The van der Waals surface area contributed by atoms with Crippen molar-refractivity contribution < 1.29 is 14.7 Å². The van der Waals surface area contributed by atoms with Crippen molar-refractivity contribution >= 4 is 17.9 Å². The summed E-state index contributed by atoms with van der Waals surface area (Å²) >= 11 is 0. The highest BCUT2D eigenvalue weighted by molar-refractivity contribution is 6.18. The van der Waals surface area contributed by atoms with E-state index in [9.17, 15) is 30.0 Å². The van der Waals surface area contributed by atoms with E-state index in [0.29, 0.717) is 5.56 Å². The van der Waals surface area contributed by atoms with E-state index in [-0.39, 0.29) is 33.7 Å². The first-order valence-electron chi connectivity index (χ1n) is 10.4. The van der Waals surface area contributed by atoms with Crippen molar-refractivity contribution in [2.75, 3.05) is 0 Å². The first kappa shape index (κ1) is 25.4. The zero-order valence-corrected chi connectivity index (χ0v) is 20.2. The lowest BCUT2D eigenvalue weighted by Gasteiger charge is -2.37. The Hall–Kier alpha value is -3.91. The van der Waals surface area contributed by atoms with Crippen LogP contribution in [0.15, 0.2) is 33.7 Å². The maximum atomic E-state index is 13.1. The van der Waals surface area contributed by atoms with E-state index < -0.39 is 28.5 Å².